The zero-order chi connectivity index (χ0) is 19.4. The third kappa shape index (κ3) is 4.52. The average Bonchev–Trinajstić information content (AvgIpc) is 2.66. The first-order chi connectivity index (χ1) is 13.0. The fraction of sp³-hybridized carbons (Fsp3) is 0.143. The lowest BCUT2D eigenvalue weighted by Gasteiger charge is -2.08. The maximum atomic E-state index is 12.2. The third-order valence-electron chi connectivity index (χ3n) is 3.97. The fourth-order valence-corrected chi connectivity index (χ4v) is 3.35. The number of nitrogens with one attached hydrogen (secondary N) is 1. The van der Waals surface area contributed by atoms with Crippen molar-refractivity contribution < 1.29 is 9.59 Å². The van der Waals surface area contributed by atoms with E-state index in [2.05, 4.69) is 16.4 Å². The van der Waals surface area contributed by atoms with Gasteiger partial charge in [-0.3, -0.25) is 9.59 Å². The molecule has 0 saturated heterocycles. The first-order valence-electron chi connectivity index (χ1n) is 8.31. The molecule has 0 aliphatic heterocycles. The number of nitrogens with zero attached hydrogens (tertiary/aromatic N) is 2. The summed E-state index contributed by atoms with van der Waals surface area (Å²) in [6.45, 7) is 3.48. The van der Waals surface area contributed by atoms with Crippen LogP contribution in [0.2, 0.25) is 0 Å². The SMILES string of the molecule is CC(=O)c1ccc(NC(=O)CSc2nc3ccc(C)cc3cc2C#N)cc1. The number of Topliss-reactive ketones (excluding diaryl/α,β-unsaturated/α-hetero) is 1. The predicted octanol–water partition coefficient (Wildman–Crippen LogP) is 4.35. The minimum absolute atomic E-state index is 0.0231. The van der Waals surface area contributed by atoms with Gasteiger partial charge in [-0.25, -0.2) is 4.98 Å². The van der Waals surface area contributed by atoms with Crippen molar-refractivity contribution in [2.24, 2.45) is 0 Å². The molecule has 1 aromatic heterocycles. The molecule has 0 saturated carbocycles. The summed E-state index contributed by atoms with van der Waals surface area (Å²) < 4.78 is 0. The Labute approximate surface area is 161 Å². The summed E-state index contributed by atoms with van der Waals surface area (Å²) in [4.78, 5) is 28.0. The van der Waals surface area contributed by atoms with E-state index in [0.717, 1.165) is 16.5 Å². The van der Waals surface area contributed by atoms with Crippen LogP contribution in [0.5, 0.6) is 0 Å². The van der Waals surface area contributed by atoms with Crippen molar-refractivity contribution in [3.8, 4) is 6.07 Å². The first-order valence-corrected chi connectivity index (χ1v) is 9.30. The normalized spacial score (nSPS) is 10.4. The zero-order valence-electron chi connectivity index (χ0n) is 14.9. The summed E-state index contributed by atoms with van der Waals surface area (Å²) >= 11 is 1.23. The Balaban J connectivity index is 1.70. The van der Waals surface area contributed by atoms with Crippen LogP contribution in [0.15, 0.2) is 53.6 Å². The van der Waals surface area contributed by atoms with Gasteiger partial charge in [0, 0.05) is 16.6 Å². The number of carbonyl (C=O) groups is 2. The van der Waals surface area contributed by atoms with Gasteiger partial charge >= 0.3 is 0 Å². The van der Waals surface area contributed by atoms with Gasteiger partial charge in [0.1, 0.15) is 11.1 Å². The van der Waals surface area contributed by atoms with Gasteiger partial charge in [0.25, 0.3) is 0 Å². The molecule has 0 aliphatic carbocycles. The van der Waals surface area contributed by atoms with Crippen molar-refractivity contribution in [3.63, 3.8) is 0 Å². The first kappa shape index (κ1) is 18.6. The molecular formula is C21H17N3O2S. The summed E-state index contributed by atoms with van der Waals surface area (Å²) in [6, 6.07) is 16.5. The van der Waals surface area contributed by atoms with Gasteiger partial charge in [-0.2, -0.15) is 5.26 Å². The maximum absolute atomic E-state index is 12.2. The quantitative estimate of drug-likeness (QED) is 0.529. The lowest BCUT2D eigenvalue weighted by molar-refractivity contribution is -0.113. The summed E-state index contributed by atoms with van der Waals surface area (Å²) in [5.41, 5.74) is 3.56. The predicted molar refractivity (Wildman–Crippen MR) is 107 cm³/mol. The van der Waals surface area contributed by atoms with Crippen molar-refractivity contribution in [1.29, 1.82) is 5.26 Å². The molecule has 1 amide bonds. The summed E-state index contributed by atoms with van der Waals surface area (Å²) in [5.74, 6) is -0.0941. The molecule has 5 nitrogen and oxygen atoms in total. The number of carbonyl (C=O) groups excluding carboxylic acids is 2. The summed E-state index contributed by atoms with van der Waals surface area (Å²) in [7, 11) is 0. The van der Waals surface area contributed by atoms with Gasteiger partial charge in [0.05, 0.1) is 16.8 Å². The highest BCUT2D eigenvalue weighted by molar-refractivity contribution is 8.00. The molecular weight excluding hydrogens is 358 g/mol. The van der Waals surface area contributed by atoms with Crippen LogP contribution < -0.4 is 5.32 Å². The number of amides is 1. The number of benzene rings is 2. The molecule has 6 heteroatoms. The fourth-order valence-electron chi connectivity index (χ4n) is 2.59. The number of hydrogen-bond acceptors (Lipinski definition) is 5. The number of rotatable bonds is 5. The Bertz CT molecular complexity index is 1070. The van der Waals surface area contributed by atoms with Crippen LogP contribution in [0, 0.1) is 18.3 Å². The highest BCUT2D eigenvalue weighted by Gasteiger charge is 2.11. The molecule has 0 bridgehead atoms. The number of pyridine rings is 1. The van der Waals surface area contributed by atoms with E-state index in [4.69, 9.17) is 0 Å². The van der Waals surface area contributed by atoms with Gasteiger partial charge in [0.15, 0.2) is 5.78 Å². The van der Waals surface area contributed by atoms with Crippen LogP contribution >= 0.6 is 11.8 Å². The third-order valence-corrected chi connectivity index (χ3v) is 4.96. The van der Waals surface area contributed by atoms with Gasteiger partial charge in [0.2, 0.25) is 5.91 Å². The van der Waals surface area contributed by atoms with E-state index in [1.807, 2.05) is 25.1 Å². The highest BCUT2D eigenvalue weighted by Crippen LogP contribution is 2.25. The van der Waals surface area contributed by atoms with Crippen molar-refractivity contribution in [1.82, 2.24) is 4.98 Å². The Morgan fingerprint density at radius 2 is 1.89 bits per heavy atom. The Kier molecular flexibility index (Phi) is 5.53. The average molecular weight is 375 g/mol. The van der Waals surface area contributed by atoms with E-state index in [-0.39, 0.29) is 17.4 Å². The van der Waals surface area contributed by atoms with Crippen LogP contribution in [-0.4, -0.2) is 22.4 Å². The van der Waals surface area contributed by atoms with Gasteiger partial charge in [-0.1, -0.05) is 23.4 Å². The van der Waals surface area contributed by atoms with E-state index in [0.29, 0.717) is 21.8 Å². The van der Waals surface area contributed by atoms with E-state index in [1.54, 1.807) is 30.3 Å². The number of hydrogen-bond donors (Lipinski definition) is 1. The molecule has 2 aromatic carbocycles. The number of anilines is 1. The lowest BCUT2D eigenvalue weighted by atomic mass is 10.1. The van der Waals surface area contributed by atoms with E-state index < -0.39 is 0 Å². The van der Waals surface area contributed by atoms with Crippen molar-refractivity contribution >= 4 is 40.0 Å². The largest absolute Gasteiger partial charge is 0.325 e. The number of nitriles is 1. The van der Waals surface area contributed by atoms with Crippen LogP contribution in [0.4, 0.5) is 5.69 Å². The van der Waals surface area contributed by atoms with Crippen LogP contribution in [0.25, 0.3) is 10.9 Å². The van der Waals surface area contributed by atoms with Gasteiger partial charge < -0.3 is 5.32 Å². The number of thioether (sulfide) groups is 1. The molecule has 1 heterocycles. The minimum Gasteiger partial charge on any atom is -0.325 e. The molecule has 3 aromatic rings. The number of aromatic nitrogens is 1. The second kappa shape index (κ2) is 8.02. The second-order valence-electron chi connectivity index (χ2n) is 6.12. The molecule has 0 aliphatic rings. The summed E-state index contributed by atoms with van der Waals surface area (Å²) in [5, 5.41) is 13.6. The number of fused-ring (bicyclic) bond motifs is 1. The molecule has 0 spiro atoms. The molecule has 27 heavy (non-hydrogen) atoms. The van der Waals surface area contributed by atoms with Crippen molar-refractivity contribution in [2.45, 2.75) is 18.9 Å². The molecule has 0 unspecified atom stereocenters. The molecule has 1 N–H and O–H groups in total. The zero-order valence-corrected chi connectivity index (χ0v) is 15.8. The Morgan fingerprint density at radius 3 is 2.56 bits per heavy atom. The molecule has 0 atom stereocenters. The highest BCUT2D eigenvalue weighted by atomic mass is 32.2. The minimum atomic E-state index is -0.203. The molecule has 0 radical (unpaired) electrons. The van der Waals surface area contributed by atoms with Crippen LogP contribution in [-0.2, 0) is 4.79 Å². The number of ketones is 1. The molecule has 134 valence electrons. The van der Waals surface area contributed by atoms with Gasteiger partial charge in [-0.05, 0) is 56.3 Å². The van der Waals surface area contributed by atoms with Crippen LogP contribution in [0.1, 0.15) is 28.4 Å². The lowest BCUT2D eigenvalue weighted by Crippen LogP contribution is -2.14. The Morgan fingerprint density at radius 1 is 1.15 bits per heavy atom. The number of aryl methyl sites for hydroxylation is 1. The molecule has 3 rings (SSSR count). The van der Waals surface area contributed by atoms with E-state index in [9.17, 15) is 14.9 Å². The Hall–Kier alpha value is -3.17. The van der Waals surface area contributed by atoms with E-state index >= 15 is 0 Å². The molecule has 0 fully saturated rings. The summed E-state index contributed by atoms with van der Waals surface area (Å²) in [6.07, 6.45) is 0. The van der Waals surface area contributed by atoms with Crippen LogP contribution in [0.3, 0.4) is 0 Å². The standard InChI is InChI=1S/C21H17N3O2S/c1-13-3-8-19-16(9-13)10-17(11-22)21(24-19)27-12-20(26)23-18-6-4-15(5-7-18)14(2)25/h3-10H,12H2,1-2H3,(H,23,26). The van der Waals surface area contributed by atoms with Gasteiger partial charge in [-0.15, -0.1) is 0 Å². The van der Waals surface area contributed by atoms with Crippen molar-refractivity contribution in [2.75, 3.05) is 11.1 Å². The smallest absolute Gasteiger partial charge is 0.234 e. The second-order valence-corrected chi connectivity index (χ2v) is 7.08. The van der Waals surface area contributed by atoms with E-state index in [1.165, 1.54) is 18.7 Å². The monoisotopic (exact) mass is 375 g/mol. The topological polar surface area (TPSA) is 82.8 Å². The van der Waals surface area contributed by atoms with Crippen molar-refractivity contribution in [3.05, 3.63) is 65.2 Å². The maximum Gasteiger partial charge on any atom is 0.234 e.